The molecule has 1 fully saturated rings. The number of rotatable bonds is 6. The van der Waals surface area contributed by atoms with Gasteiger partial charge in [0.1, 0.15) is 5.82 Å². The van der Waals surface area contributed by atoms with Crippen molar-refractivity contribution in [3.05, 3.63) is 53.7 Å². The molecular formula is C23H31N5O2. The first kappa shape index (κ1) is 21.6. The molecule has 1 aromatic carbocycles. The molecule has 2 aromatic rings. The average molecular weight is 410 g/mol. The van der Waals surface area contributed by atoms with Gasteiger partial charge in [0.15, 0.2) is 0 Å². The van der Waals surface area contributed by atoms with E-state index >= 15 is 0 Å². The summed E-state index contributed by atoms with van der Waals surface area (Å²) in [5, 5.41) is 5.67. The fourth-order valence-corrected chi connectivity index (χ4v) is 3.40. The van der Waals surface area contributed by atoms with Crippen LogP contribution in [0.4, 0.5) is 16.3 Å². The number of carbonyl (C=O) groups excluding carboxylic acids is 2. The number of benzene rings is 1. The van der Waals surface area contributed by atoms with Crippen molar-refractivity contribution in [1.29, 1.82) is 0 Å². The number of anilines is 2. The molecule has 3 rings (SSSR count). The highest BCUT2D eigenvalue weighted by Gasteiger charge is 2.11. The van der Waals surface area contributed by atoms with Gasteiger partial charge in [-0.3, -0.25) is 4.79 Å². The summed E-state index contributed by atoms with van der Waals surface area (Å²) in [5.41, 5.74) is 2.56. The zero-order chi connectivity index (χ0) is 21.3. The number of carbonyl (C=O) groups is 2. The van der Waals surface area contributed by atoms with Crippen molar-refractivity contribution in [1.82, 2.24) is 15.2 Å². The Morgan fingerprint density at radius 1 is 0.967 bits per heavy atom. The number of likely N-dealkylation sites (N-methyl/N-ethyl adjacent to an activating group) is 1. The van der Waals surface area contributed by atoms with Crippen molar-refractivity contribution < 1.29 is 9.59 Å². The summed E-state index contributed by atoms with van der Waals surface area (Å²) in [6.45, 7) is 2.54. The molecule has 7 heteroatoms. The van der Waals surface area contributed by atoms with Gasteiger partial charge in [-0.25, -0.2) is 9.78 Å². The Hall–Kier alpha value is -3.09. The van der Waals surface area contributed by atoms with Crippen LogP contribution >= 0.6 is 0 Å². The first-order chi connectivity index (χ1) is 14.5. The van der Waals surface area contributed by atoms with Crippen LogP contribution < -0.4 is 15.5 Å². The minimum absolute atomic E-state index is 0.0453. The van der Waals surface area contributed by atoms with Crippen LogP contribution in [0.1, 0.15) is 36.8 Å². The van der Waals surface area contributed by atoms with Gasteiger partial charge in [0.05, 0.1) is 6.42 Å². The minimum atomic E-state index is -0.274. The van der Waals surface area contributed by atoms with Gasteiger partial charge in [0.2, 0.25) is 5.91 Å². The van der Waals surface area contributed by atoms with E-state index in [1.165, 1.54) is 25.7 Å². The lowest BCUT2D eigenvalue weighted by atomic mass is 10.1. The summed E-state index contributed by atoms with van der Waals surface area (Å²) in [6, 6.07) is 11.1. The van der Waals surface area contributed by atoms with E-state index in [2.05, 4.69) is 20.5 Å². The van der Waals surface area contributed by atoms with Gasteiger partial charge in [0.25, 0.3) is 0 Å². The van der Waals surface area contributed by atoms with Crippen LogP contribution in [0.15, 0.2) is 42.6 Å². The van der Waals surface area contributed by atoms with E-state index in [0.717, 1.165) is 30.0 Å². The maximum absolute atomic E-state index is 12.2. The molecule has 30 heavy (non-hydrogen) atoms. The van der Waals surface area contributed by atoms with Crippen molar-refractivity contribution in [3.63, 3.8) is 0 Å². The monoisotopic (exact) mass is 409 g/mol. The van der Waals surface area contributed by atoms with E-state index in [4.69, 9.17) is 0 Å². The number of nitrogens with one attached hydrogen (secondary N) is 2. The molecule has 0 atom stereocenters. The van der Waals surface area contributed by atoms with Crippen molar-refractivity contribution in [2.75, 3.05) is 37.4 Å². The SMILES string of the molecule is CN(C)C(=O)Cc1ccc(NC(=O)NCc2ccc(N3CCCCCC3)nc2)cc1. The van der Waals surface area contributed by atoms with Crippen LogP contribution in [-0.4, -0.2) is 49.0 Å². The molecule has 160 valence electrons. The molecule has 0 spiro atoms. The van der Waals surface area contributed by atoms with Gasteiger partial charge in [-0.2, -0.15) is 0 Å². The number of aromatic nitrogens is 1. The Bertz CT molecular complexity index is 826. The lowest BCUT2D eigenvalue weighted by Crippen LogP contribution is -2.28. The third kappa shape index (κ3) is 6.47. The van der Waals surface area contributed by atoms with Gasteiger partial charge < -0.3 is 20.4 Å². The summed E-state index contributed by atoms with van der Waals surface area (Å²) in [5.74, 6) is 1.06. The van der Waals surface area contributed by atoms with E-state index in [1.54, 1.807) is 31.1 Å². The summed E-state index contributed by atoms with van der Waals surface area (Å²) >= 11 is 0. The highest BCUT2D eigenvalue weighted by atomic mass is 16.2. The first-order valence-corrected chi connectivity index (χ1v) is 10.5. The quantitative estimate of drug-likeness (QED) is 0.766. The van der Waals surface area contributed by atoms with E-state index in [0.29, 0.717) is 18.7 Å². The highest BCUT2D eigenvalue weighted by Crippen LogP contribution is 2.17. The second-order valence-electron chi connectivity index (χ2n) is 7.90. The number of hydrogen-bond donors (Lipinski definition) is 2. The Labute approximate surface area is 178 Å². The van der Waals surface area contributed by atoms with Crippen LogP contribution in [0.25, 0.3) is 0 Å². The fraction of sp³-hybridized carbons (Fsp3) is 0.435. The normalized spacial score (nSPS) is 14.0. The molecule has 1 aliphatic heterocycles. The fourth-order valence-electron chi connectivity index (χ4n) is 3.40. The smallest absolute Gasteiger partial charge is 0.319 e. The van der Waals surface area contributed by atoms with Crippen LogP contribution in [0.5, 0.6) is 0 Å². The van der Waals surface area contributed by atoms with Crippen LogP contribution in [0.3, 0.4) is 0 Å². The van der Waals surface area contributed by atoms with E-state index in [9.17, 15) is 9.59 Å². The number of urea groups is 1. The van der Waals surface area contributed by atoms with Gasteiger partial charge in [0, 0.05) is 45.6 Å². The summed E-state index contributed by atoms with van der Waals surface area (Å²) < 4.78 is 0. The van der Waals surface area contributed by atoms with Crippen molar-refractivity contribution in [2.24, 2.45) is 0 Å². The van der Waals surface area contributed by atoms with Crippen molar-refractivity contribution in [2.45, 2.75) is 38.6 Å². The topological polar surface area (TPSA) is 77.6 Å². The highest BCUT2D eigenvalue weighted by molar-refractivity contribution is 5.89. The maximum atomic E-state index is 12.2. The maximum Gasteiger partial charge on any atom is 0.319 e. The molecule has 0 radical (unpaired) electrons. The minimum Gasteiger partial charge on any atom is -0.357 e. The third-order valence-electron chi connectivity index (χ3n) is 5.26. The summed E-state index contributed by atoms with van der Waals surface area (Å²) in [7, 11) is 3.47. The zero-order valence-corrected chi connectivity index (χ0v) is 17.9. The number of hydrogen-bond acceptors (Lipinski definition) is 4. The Morgan fingerprint density at radius 2 is 1.63 bits per heavy atom. The van der Waals surface area contributed by atoms with Gasteiger partial charge in [-0.15, -0.1) is 0 Å². The molecule has 2 N–H and O–H groups in total. The molecule has 0 saturated carbocycles. The Balaban J connectivity index is 1.45. The van der Waals surface area contributed by atoms with Crippen LogP contribution in [-0.2, 0) is 17.8 Å². The zero-order valence-electron chi connectivity index (χ0n) is 17.9. The van der Waals surface area contributed by atoms with E-state index in [1.807, 2.05) is 30.5 Å². The second kappa shape index (κ2) is 10.6. The summed E-state index contributed by atoms with van der Waals surface area (Å²) in [4.78, 5) is 32.4. The predicted molar refractivity (Wildman–Crippen MR) is 120 cm³/mol. The molecule has 1 aromatic heterocycles. The molecule has 2 heterocycles. The predicted octanol–water partition coefficient (Wildman–Crippen LogP) is 3.41. The third-order valence-corrected chi connectivity index (χ3v) is 5.26. The molecule has 0 unspecified atom stereocenters. The molecular weight excluding hydrogens is 378 g/mol. The molecule has 7 nitrogen and oxygen atoms in total. The van der Waals surface area contributed by atoms with Crippen molar-refractivity contribution in [3.8, 4) is 0 Å². The number of amides is 3. The lowest BCUT2D eigenvalue weighted by molar-refractivity contribution is -0.127. The standard InChI is InChI=1S/C23H31N5O2/c1-27(2)22(29)15-18-7-10-20(11-8-18)26-23(30)25-17-19-9-12-21(24-16-19)28-13-5-3-4-6-14-28/h7-12,16H,3-6,13-15,17H2,1-2H3,(H2,25,26,30). The van der Waals surface area contributed by atoms with E-state index < -0.39 is 0 Å². The largest absolute Gasteiger partial charge is 0.357 e. The van der Waals surface area contributed by atoms with Crippen LogP contribution in [0.2, 0.25) is 0 Å². The van der Waals surface area contributed by atoms with Gasteiger partial charge >= 0.3 is 6.03 Å². The molecule has 0 bridgehead atoms. The lowest BCUT2D eigenvalue weighted by Gasteiger charge is -2.21. The first-order valence-electron chi connectivity index (χ1n) is 10.5. The van der Waals surface area contributed by atoms with E-state index in [-0.39, 0.29) is 11.9 Å². The Morgan fingerprint density at radius 3 is 2.23 bits per heavy atom. The molecule has 1 saturated heterocycles. The second-order valence-corrected chi connectivity index (χ2v) is 7.90. The number of nitrogens with zero attached hydrogens (tertiary/aromatic N) is 3. The molecule has 3 amide bonds. The van der Waals surface area contributed by atoms with Gasteiger partial charge in [-0.05, 0) is 42.2 Å². The average Bonchev–Trinajstić information content (AvgIpc) is 3.03. The van der Waals surface area contributed by atoms with Crippen molar-refractivity contribution >= 4 is 23.4 Å². The van der Waals surface area contributed by atoms with Crippen LogP contribution in [0, 0.1) is 0 Å². The molecule has 0 aliphatic carbocycles. The molecule has 1 aliphatic rings. The number of pyridine rings is 1. The van der Waals surface area contributed by atoms with Gasteiger partial charge in [-0.1, -0.05) is 31.0 Å². The Kier molecular flexibility index (Phi) is 7.65. The summed E-state index contributed by atoms with van der Waals surface area (Å²) in [6.07, 6.45) is 7.21.